The molecule has 4 nitrogen and oxygen atoms in total. The number of Topliss-reactive ketones (excluding diaryl/α,β-unsaturated/α-hetero) is 1. The molecule has 0 aromatic heterocycles. The second kappa shape index (κ2) is 6.09. The van der Waals surface area contributed by atoms with Crippen molar-refractivity contribution in [3.63, 3.8) is 0 Å². The zero-order valence-electron chi connectivity index (χ0n) is 15.9. The second-order valence-electron chi connectivity index (χ2n) is 8.65. The van der Waals surface area contributed by atoms with E-state index in [-0.39, 0.29) is 34.1 Å². The SMILES string of the molecule is CC1(C)C(=O)C(C#N)=C[C@@]2(C)C[C@H](NC(=O)c3ccccc3)CC[C@]12C. The van der Waals surface area contributed by atoms with E-state index in [1.54, 1.807) is 12.1 Å². The van der Waals surface area contributed by atoms with Crippen molar-refractivity contribution in [3.8, 4) is 6.07 Å². The average Bonchev–Trinajstić information content (AvgIpc) is 2.62. The van der Waals surface area contributed by atoms with Gasteiger partial charge in [-0.05, 0) is 42.2 Å². The molecule has 3 atom stereocenters. The molecule has 26 heavy (non-hydrogen) atoms. The molecule has 1 aromatic carbocycles. The van der Waals surface area contributed by atoms with Crippen LogP contribution in [0.4, 0.5) is 0 Å². The van der Waals surface area contributed by atoms with Gasteiger partial charge in [-0.2, -0.15) is 5.26 Å². The van der Waals surface area contributed by atoms with E-state index in [1.807, 2.05) is 38.1 Å². The number of nitriles is 1. The van der Waals surface area contributed by atoms with Gasteiger partial charge in [-0.1, -0.05) is 52.0 Å². The standard InChI is InChI=1S/C22H26N2O2/c1-20(2)18(25)16(14-23)12-21(3)13-17(10-11-22(20,21)4)24-19(26)15-8-6-5-7-9-15/h5-9,12,17H,10-11,13H2,1-4H3,(H,24,26)/t17-,21+,22-/m1/s1. The quantitative estimate of drug-likeness (QED) is 0.875. The third-order valence-corrected chi connectivity index (χ3v) is 7.07. The smallest absolute Gasteiger partial charge is 0.251 e. The van der Waals surface area contributed by atoms with Crippen LogP contribution in [0.15, 0.2) is 42.0 Å². The molecule has 3 rings (SSSR count). The predicted molar refractivity (Wildman–Crippen MR) is 100 cm³/mol. The summed E-state index contributed by atoms with van der Waals surface area (Å²) < 4.78 is 0. The van der Waals surface area contributed by atoms with Gasteiger partial charge in [0, 0.05) is 17.0 Å². The van der Waals surface area contributed by atoms with E-state index in [1.165, 1.54) is 0 Å². The fraction of sp³-hybridized carbons (Fsp3) is 0.500. The molecule has 1 aromatic rings. The van der Waals surface area contributed by atoms with Crippen molar-refractivity contribution < 1.29 is 9.59 Å². The lowest BCUT2D eigenvalue weighted by molar-refractivity contribution is -0.143. The molecule has 0 radical (unpaired) electrons. The minimum absolute atomic E-state index is 0.0287. The maximum Gasteiger partial charge on any atom is 0.251 e. The molecule has 0 aliphatic heterocycles. The Morgan fingerprint density at radius 3 is 2.46 bits per heavy atom. The largest absolute Gasteiger partial charge is 0.349 e. The first-order valence-corrected chi connectivity index (χ1v) is 9.18. The summed E-state index contributed by atoms with van der Waals surface area (Å²) in [4.78, 5) is 25.3. The van der Waals surface area contributed by atoms with Crippen LogP contribution in [0.3, 0.4) is 0 Å². The second-order valence-corrected chi connectivity index (χ2v) is 8.65. The molecule has 0 bridgehead atoms. The van der Waals surface area contributed by atoms with Crippen LogP contribution in [0.5, 0.6) is 0 Å². The maximum absolute atomic E-state index is 12.8. The van der Waals surface area contributed by atoms with Crippen LogP contribution in [0, 0.1) is 27.6 Å². The van der Waals surface area contributed by atoms with Gasteiger partial charge < -0.3 is 5.32 Å². The lowest BCUT2D eigenvalue weighted by Crippen LogP contribution is -2.59. The zero-order chi connectivity index (χ0) is 19.2. The van der Waals surface area contributed by atoms with Gasteiger partial charge in [0.05, 0.1) is 5.57 Å². The van der Waals surface area contributed by atoms with Crippen molar-refractivity contribution in [2.75, 3.05) is 0 Å². The summed E-state index contributed by atoms with van der Waals surface area (Å²) >= 11 is 0. The number of rotatable bonds is 2. The Balaban J connectivity index is 1.88. The van der Waals surface area contributed by atoms with Gasteiger partial charge in [0.1, 0.15) is 6.07 Å². The Bertz CT molecular complexity index is 818. The average molecular weight is 350 g/mol. The molecule has 136 valence electrons. The number of carbonyl (C=O) groups excluding carboxylic acids is 2. The molecule has 0 unspecified atom stereocenters. The van der Waals surface area contributed by atoms with Crippen LogP contribution in [-0.2, 0) is 4.79 Å². The van der Waals surface area contributed by atoms with E-state index >= 15 is 0 Å². The number of carbonyl (C=O) groups is 2. The van der Waals surface area contributed by atoms with Crippen molar-refractivity contribution in [2.45, 2.75) is 53.0 Å². The highest BCUT2D eigenvalue weighted by Crippen LogP contribution is 2.63. The van der Waals surface area contributed by atoms with E-state index < -0.39 is 5.41 Å². The van der Waals surface area contributed by atoms with Crippen molar-refractivity contribution in [1.29, 1.82) is 5.26 Å². The summed E-state index contributed by atoms with van der Waals surface area (Å²) in [5.74, 6) is -0.134. The summed E-state index contributed by atoms with van der Waals surface area (Å²) in [5, 5.41) is 12.6. The first-order chi connectivity index (χ1) is 12.1. The number of nitrogens with zero attached hydrogens (tertiary/aromatic N) is 1. The van der Waals surface area contributed by atoms with Crippen LogP contribution in [0.25, 0.3) is 0 Å². The number of ketones is 1. The number of nitrogens with one attached hydrogen (secondary N) is 1. The third kappa shape index (κ3) is 2.58. The van der Waals surface area contributed by atoms with Crippen molar-refractivity contribution >= 4 is 11.7 Å². The summed E-state index contributed by atoms with van der Waals surface area (Å²) in [6.07, 6.45) is 4.25. The van der Waals surface area contributed by atoms with Crippen LogP contribution in [0.1, 0.15) is 57.3 Å². The van der Waals surface area contributed by atoms with Crippen molar-refractivity contribution in [2.24, 2.45) is 16.2 Å². The minimum atomic E-state index is -0.601. The number of benzene rings is 1. The van der Waals surface area contributed by atoms with E-state index in [0.717, 1.165) is 19.3 Å². The summed E-state index contributed by atoms with van der Waals surface area (Å²) in [7, 11) is 0. The molecule has 1 saturated carbocycles. The fourth-order valence-corrected chi connectivity index (χ4v) is 4.87. The predicted octanol–water partition coefficient (Wildman–Crippen LogP) is 4.04. The normalized spacial score (nSPS) is 32.8. The monoisotopic (exact) mass is 350 g/mol. The Morgan fingerprint density at radius 2 is 1.85 bits per heavy atom. The molecule has 0 heterocycles. The minimum Gasteiger partial charge on any atom is -0.349 e. The van der Waals surface area contributed by atoms with Crippen molar-refractivity contribution in [1.82, 2.24) is 5.32 Å². The highest BCUT2D eigenvalue weighted by atomic mass is 16.1. The zero-order valence-corrected chi connectivity index (χ0v) is 15.9. The van der Waals surface area contributed by atoms with Gasteiger partial charge in [-0.15, -0.1) is 0 Å². The Hall–Kier alpha value is -2.41. The molecule has 1 amide bonds. The first kappa shape index (κ1) is 18.4. The Kier molecular flexibility index (Phi) is 4.30. The van der Waals surface area contributed by atoms with E-state index in [4.69, 9.17) is 0 Å². The number of fused-ring (bicyclic) bond motifs is 1. The fourth-order valence-electron chi connectivity index (χ4n) is 4.87. The van der Waals surface area contributed by atoms with Gasteiger partial charge in [-0.3, -0.25) is 9.59 Å². The lowest BCUT2D eigenvalue weighted by atomic mass is 9.43. The Labute approximate surface area is 155 Å². The van der Waals surface area contributed by atoms with Gasteiger partial charge in [0.2, 0.25) is 0 Å². The maximum atomic E-state index is 12.8. The lowest BCUT2D eigenvalue weighted by Gasteiger charge is -2.60. The molecule has 1 fully saturated rings. The van der Waals surface area contributed by atoms with Crippen LogP contribution < -0.4 is 5.32 Å². The first-order valence-electron chi connectivity index (χ1n) is 9.18. The Morgan fingerprint density at radius 1 is 1.19 bits per heavy atom. The number of amides is 1. The van der Waals surface area contributed by atoms with Crippen LogP contribution in [-0.4, -0.2) is 17.7 Å². The number of hydrogen-bond acceptors (Lipinski definition) is 3. The van der Waals surface area contributed by atoms with Gasteiger partial charge >= 0.3 is 0 Å². The highest BCUT2D eigenvalue weighted by Gasteiger charge is 2.61. The summed E-state index contributed by atoms with van der Waals surface area (Å²) in [6, 6.07) is 11.3. The van der Waals surface area contributed by atoms with Gasteiger partial charge in [0.15, 0.2) is 5.78 Å². The van der Waals surface area contributed by atoms with Gasteiger partial charge in [-0.25, -0.2) is 0 Å². The third-order valence-electron chi connectivity index (χ3n) is 7.07. The summed E-state index contributed by atoms with van der Waals surface area (Å²) in [6.45, 7) is 8.20. The van der Waals surface area contributed by atoms with Crippen LogP contribution >= 0.6 is 0 Å². The van der Waals surface area contributed by atoms with E-state index in [0.29, 0.717) is 5.56 Å². The molecule has 2 aliphatic rings. The number of hydrogen-bond donors (Lipinski definition) is 1. The molecular formula is C22H26N2O2. The molecule has 1 N–H and O–H groups in total. The molecule has 2 aliphatic carbocycles. The molecule has 0 saturated heterocycles. The van der Waals surface area contributed by atoms with Crippen molar-refractivity contribution in [3.05, 3.63) is 47.5 Å². The summed E-state index contributed by atoms with van der Waals surface area (Å²) in [5.41, 5.74) is -0.257. The molecule has 4 heteroatoms. The molecule has 0 spiro atoms. The van der Waals surface area contributed by atoms with E-state index in [9.17, 15) is 14.9 Å². The van der Waals surface area contributed by atoms with Gasteiger partial charge in [0.25, 0.3) is 5.91 Å². The highest BCUT2D eigenvalue weighted by molar-refractivity contribution is 6.04. The van der Waals surface area contributed by atoms with E-state index in [2.05, 4.69) is 25.2 Å². The number of allylic oxidation sites excluding steroid dienone is 2. The topological polar surface area (TPSA) is 70.0 Å². The van der Waals surface area contributed by atoms with Crippen LogP contribution in [0.2, 0.25) is 0 Å². The molecular weight excluding hydrogens is 324 g/mol.